The molecular formula is C32H48N4O4S2. The zero-order valence-electron chi connectivity index (χ0n) is 25.4. The summed E-state index contributed by atoms with van der Waals surface area (Å²) in [6, 6.07) is 9.97. The number of benzene rings is 1. The number of carbonyl (C=O) groups excluding carboxylic acids is 3. The van der Waals surface area contributed by atoms with E-state index in [0.29, 0.717) is 24.0 Å². The molecular weight excluding hydrogens is 569 g/mol. The van der Waals surface area contributed by atoms with Crippen LogP contribution in [0, 0.1) is 5.92 Å². The largest absolute Gasteiger partial charge is 0.444 e. The lowest BCUT2D eigenvalue weighted by Crippen LogP contribution is -2.58. The van der Waals surface area contributed by atoms with Crippen LogP contribution in [0.2, 0.25) is 0 Å². The van der Waals surface area contributed by atoms with Gasteiger partial charge in [-0.05, 0) is 70.1 Å². The van der Waals surface area contributed by atoms with E-state index in [2.05, 4.69) is 39.8 Å². The first-order chi connectivity index (χ1) is 20.1. The van der Waals surface area contributed by atoms with Crippen LogP contribution in [0.3, 0.4) is 0 Å². The van der Waals surface area contributed by atoms with E-state index in [0.717, 1.165) is 38.2 Å². The van der Waals surface area contributed by atoms with Crippen molar-refractivity contribution < 1.29 is 19.1 Å². The molecule has 42 heavy (non-hydrogen) atoms. The number of hydrogen-bond donors (Lipinski definition) is 2. The molecule has 2 saturated heterocycles. The van der Waals surface area contributed by atoms with E-state index in [-0.39, 0.29) is 23.1 Å². The third-order valence-electron chi connectivity index (χ3n) is 8.89. The maximum Gasteiger partial charge on any atom is 0.411 e. The van der Waals surface area contributed by atoms with Crippen LogP contribution in [-0.4, -0.2) is 86.7 Å². The topological polar surface area (TPSA) is 91.0 Å². The molecule has 2 heterocycles. The van der Waals surface area contributed by atoms with E-state index >= 15 is 0 Å². The zero-order valence-corrected chi connectivity index (χ0v) is 27.1. The van der Waals surface area contributed by atoms with Gasteiger partial charge in [0.1, 0.15) is 17.2 Å². The third kappa shape index (κ3) is 8.17. The lowest BCUT2D eigenvalue weighted by molar-refractivity contribution is -0.132. The lowest BCUT2D eigenvalue weighted by Gasteiger charge is -2.34. The number of thioether (sulfide) groups is 2. The molecule has 0 radical (unpaired) electrons. The van der Waals surface area contributed by atoms with E-state index < -0.39 is 23.3 Å². The SMILES string of the molecule is CC(C)(C)OC(=O)N1CSC[C@H]1C(=O)NC1(C(=O)NC2CCN(Cc3ccccc3)CC2)CC1SCC1CCCCC1. The minimum atomic E-state index is -0.912. The standard InChI is InChI=1S/C32H48N4O4S2/c1-31(2,3)40-30(39)36-22-41-21-26(36)28(37)34-32(18-27(32)42-20-24-12-8-5-9-13-24)29(38)33-25-14-16-35(17-15-25)19-23-10-6-4-7-11-23/h4,6-7,10-11,24-27H,5,8-9,12-22H2,1-3H3,(H,33,38)(H,34,37)/t26-,27?,32?/m0/s1. The van der Waals surface area contributed by atoms with Crippen LogP contribution in [0.25, 0.3) is 0 Å². The Morgan fingerprint density at radius 2 is 1.76 bits per heavy atom. The summed E-state index contributed by atoms with van der Waals surface area (Å²) in [7, 11) is 0. The monoisotopic (exact) mass is 616 g/mol. The van der Waals surface area contributed by atoms with Crippen LogP contribution in [0.5, 0.6) is 0 Å². The fourth-order valence-corrected chi connectivity index (χ4v) is 9.13. The van der Waals surface area contributed by atoms with Crippen LogP contribution >= 0.6 is 23.5 Å². The van der Waals surface area contributed by atoms with Crippen molar-refractivity contribution in [3.63, 3.8) is 0 Å². The molecule has 1 aromatic carbocycles. The van der Waals surface area contributed by atoms with Gasteiger partial charge in [-0.2, -0.15) is 11.8 Å². The van der Waals surface area contributed by atoms with E-state index in [1.807, 2.05) is 38.6 Å². The first-order valence-electron chi connectivity index (χ1n) is 15.7. The van der Waals surface area contributed by atoms with Gasteiger partial charge in [0.2, 0.25) is 11.8 Å². The number of nitrogens with one attached hydrogen (secondary N) is 2. The second kappa shape index (κ2) is 13.8. The third-order valence-corrected chi connectivity index (χ3v) is 11.5. The highest BCUT2D eigenvalue weighted by atomic mass is 32.2. The number of rotatable bonds is 9. The zero-order chi connectivity index (χ0) is 29.7. The van der Waals surface area contributed by atoms with Crippen molar-refractivity contribution >= 4 is 41.4 Å². The van der Waals surface area contributed by atoms with Gasteiger partial charge in [0.15, 0.2) is 0 Å². The van der Waals surface area contributed by atoms with E-state index in [9.17, 15) is 14.4 Å². The summed E-state index contributed by atoms with van der Waals surface area (Å²) < 4.78 is 5.57. The first kappa shape index (κ1) is 31.5. The Hall–Kier alpha value is -1.91. The maximum absolute atomic E-state index is 13.9. The number of likely N-dealkylation sites (tertiary alicyclic amines) is 1. The van der Waals surface area contributed by atoms with E-state index in [4.69, 9.17) is 4.74 Å². The van der Waals surface area contributed by atoms with Crippen molar-refractivity contribution in [2.75, 3.05) is 30.5 Å². The van der Waals surface area contributed by atoms with E-state index in [1.165, 1.54) is 42.6 Å². The molecule has 10 heteroatoms. The van der Waals surface area contributed by atoms with Gasteiger partial charge < -0.3 is 15.4 Å². The maximum atomic E-state index is 13.9. The average molecular weight is 617 g/mol. The van der Waals surface area contributed by atoms with Gasteiger partial charge in [-0.25, -0.2) is 4.79 Å². The summed E-state index contributed by atoms with van der Waals surface area (Å²) >= 11 is 3.39. The van der Waals surface area contributed by atoms with Crippen LogP contribution in [0.1, 0.15) is 77.7 Å². The summed E-state index contributed by atoms with van der Waals surface area (Å²) in [5, 5.41) is 6.57. The van der Waals surface area contributed by atoms with Crippen LogP contribution in [-0.2, 0) is 20.9 Å². The Kier molecular flexibility index (Phi) is 10.4. The Labute approximate surface area is 259 Å². The Bertz CT molecular complexity index is 1090. The average Bonchev–Trinajstić information content (AvgIpc) is 3.42. The predicted octanol–water partition coefficient (Wildman–Crippen LogP) is 5.02. The van der Waals surface area contributed by atoms with E-state index in [1.54, 1.807) is 11.8 Å². The lowest BCUT2D eigenvalue weighted by atomic mass is 9.91. The molecule has 4 aliphatic rings. The van der Waals surface area contributed by atoms with Gasteiger partial charge in [-0.1, -0.05) is 49.6 Å². The molecule has 0 bridgehead atoms. The van der Waals surface area contributed by atoms with Crippen LogP contribution in [0.4, 0.5) is 4.79 Å². The van der Waals surface area contributed by atoms with Crippen molar-refractivity contribution in [2.24, 2.45) is 5.92 Å². The Balaban J connectivity index is 1.20. The molecule has 2 saturated carbocycles. The summed E-state index contributed by atoms with van der Waals surface area (Å²) in [6.07, 6.45) is 8.39. The van der Waals surface area contributed by atoms with Crippen molar-refractivity contribution in [2.45, 2.75) is 107 Å². The number of carbonyl (C=O) groups is 3. The van der Waals surface area contributed by atoms with Gasteiger partial charge in [-0.3, -0.25) is 19.4 Å². The van der Waals surface area contributed by atoms with Crippen molar-refractivity contribution in [3.8, 4) is 0 Å². The molecule has 1 aromatic rings. The normalized spacial score (nSPS) is 27.5. The minimum Gasteiger partial charge on any atom is -0.444 e. The molecule has 232 valence electrons. The molecule has 0 aromatic heterocycles. The summed E-state index contributed by atoms with van der Waals surface area (Å²) in [5.41, 5.74) is -0.242. The van der Waals surface area contributed by atoms with Crippen LogP contribution in [0.15, 0.2) is 30.3 Å². The summed E-state index contributed by atoms with van der Waals surface area (Å²) in [4.78, 5) is 44.4. The highest BCUT2D eigenvalue weighted by Gasteiger charge is 2.62. The molecule has 3 atom stereocenters. The fraction of sp³-hybridized carbons (Fsp3) is 0.719. The molecule has 2 unspecified atom stereocenters. The number of nitrogens with zero attached hydrogens (tertiary/aromatic N) is 2. The second-order valence-electron chi connectivity index (χ2n) is 13.5. The van der Waals surface area contributed by atoms with Gasteiger partial charge in [0, 0.05) is 36.7 Å². The van der Waals surface area contributed by atoms with Gasteiger partial charge in [-0.15, -0.1) is 11.8 Å². The first-order valence-corrected chi connectivity index (χ1v) is 17.9. The fourth-order valence-electron chi connectivity index (χ4n) is 6.32. The Morgan fingerprint density at radius 1 is 1.05 bits per heavy atom. The molecule has 3 amide bonds. The predicted molar refractivity (Wildman–Crippen MR) is 170 cm³/mol. The highest BCUT2D eigenvalue weighted by molar-refractivity contribution is 8.00. The molecule has 2 aliphatic carbocycles. The van der Waals surface area contributed by atoms with Crippen LogP contribution < -0.4 is 10.6 Å². The van der Waals surface area contributed by atoms with Gasteiger partial charge >= 0.3 is 6.09 Å². The smallest absolute Gasteiger partial charge is 0.411 e. The van der Waals surface area contributed by atoms with Crippen molar-refractivity contribution in [1.29, 1.82) is 0 Å². The number of amides is 3. The summed E-state index contributed by atoms with van der Waals surface area (Å²) in [6.45, 7) is 8.27. The molecule has 2 aliphatic heterocycles. The quantitative estimate of drug-likeness (QED) is 0.403. The van der Waals surface area contributed by atoms with Crippen molar-refractivity contribution in [1.82, 2.24) is 20.4 Å². The van der Waals surface area contributed by atoms with Gasteiger partial charge in [0.25, 0.3) is 0 Å². The second-order valence-corrected chi connectivity index (χ2v) is 15.7. The highest BCUT2D eigenvalue weighted by Crippen LogP contribution is 2.48. The van der Waals surface area contributed by atoms with Gasteiger partial charge in [0.05, 0.1) is 5.88 Å². The number of piperidine rings is 1. The Morgan fingerprint density at radius 3 is 2.45 bits per heavy atom. The van der Waals surface area contributed by atoms with Crippen molar-refractivity contribution in [3.05, 3.63) is 35.9 Å². The molecule has 4 fully saturated rings. The molecule has 8 nitrogen and oxygen atoms in total. The number of ether oxygens (including phenoxy) is 1. The molecule has 5 rings (SSSR count). The number of hydrogen-bond acceptors (Lipinski definition) is 7. The molecule has 2 N–H and O–H groups in total. The molecule has 0 spiro atoms. The minimum absolute atomic E-state index is 0.0607. The summed E-state index contributed by atoms with van der Waals surface area (Å²) in [5.74, 6) is 2.34.